The first kappa shape index (κ1) is 20.6. The summed E-state index contributed by atoms with van der Waals surface area (Å²) in [6.07, 6.45) is 7.20. The first-order valence-electron chi connectivity index (χ1n) is 9.19. The van der Waals surface area contributed by atoms with Crippen molar-refractivity contribution in [2.45, 2.75) is 44.4 Å². The Morgan fingerprint density at radius 1 is 1.28 bits per heavy atom. The Labute approximate surface area is 172 Å². The van der Waals surface area contributed by atoms with Crippen molar-refractivity contribution >= 4 is 47.5 Å². The van der Waals surface area contributed by atoms with E-state index in [0.29, 0.717) is 6.54 Å². The third-order valence-electron chi connectivity index (χ3n) is 4.52. The number of anilines is 1. The molecule has 3 rings (SSSR count). The molecule has 2 aliphatic rings. The van der Waals surface area contributed by atoms with Crippen molar-refractivity contribution in [2.24, 2.45) is 4.99 Å². The van der Waals surface area contributed by atoms with Crippen LogP contribution in [0.1, 0.15) is 38.2 Å². The monoisotopic (exact) mass is 475 g/mol. The Balaban J connectivity index is 0.00000225. The summed E-state index contributed by atoms with van der Waals surface area (Å²) < 4.78 is 0. The van der Waals surface area contributed by atoms with Gasteiger partial charge in [0.25, 0.3) is 0 Å². The lowest BCUT2D eigenvalue weighted by Gasteiger charge is -2.16. The molecule has 2 fully saturated rings. The fourth-order valence-corrected chi connectivity index (χ4v) is 4.37. The summed E-state index contributed by atoms with van der Waals surface area (Å²) in [4.78, 5) is 11.7. The van der Waals surface area contributed by atoms with E-state index in [1.54, 1.807) is 0 Å². The summed E-state index contributed by atoms with van der Waals surface area (Å²) in [6, 6.07) is 4.28. The SMILES string of the molecule is CCNC(=NCc1ccc(N2CCCC2)nc1)NCC1CCCS1.I. The average molecular weight is 475 g/mol. The molecule has 0 radical (unpaired) electrons. The van der Waals surface area contributed by atoms with Crippen molar-refractivity contribution < 1.29 is 0 Å². The van der Waals surface area contributed by atoms with Crippen LogP contribution >= 0.6 is 35.7 Å². The number of halogens is 1. The molecule has 2 N–H and O–H groups in total. The van der Waals surface area contributed by atoms with E-state index in [1.807, 2.05) is 6.20 Å². The minimum atomic E-state index is 0. The van der Waals surface area contributed by atoms with Crippen molar-refractivity contribution in [1.29, 1.82) is 0 Å². The first-order chi connectivity index (χ1) is 11.8. The molecule has 1 aromatic heterocycles. The highest BCUT2D eigenvalue weighted by atomic mass is 127. The standard InChI is InChI=1S/C18H29N5S.HI/c1-2-19-18(22-14-16-6-5-11-24-16)21-13-15-7-8-17(20-12-15)23-9-3-4-10-23;/h7-8,12,16H,2-6,9-11,13-14H2,1H3,(H2,19,21,22);1H. The van der Waals surface area contributed by atoms with Crippen LogP contribution in [0.4, 0.5) is 5.82 Å². The summed E-state index contributed by atoms with van der Waals surface area (Å²) >= 11 is 2.07. The number of hydrogen-bond donors (Lipinski definition) is 2. The van der Waals surface area contributed by atoms with Gasteiger partial charge in [0.1, 0.15) is 5.82 Å². The van der Waals surface area contributed by atoms with Crippen molar-refractivity contribution in [3.8, 4) is 0 Å². The molecule has 0 bridgehead atoms. The van der Waals surface area contributed by atoms with Crippen LogP contribution in [0, 0.1) is 0 Å². The number of aliphatic imine (C=N–C) groups is 1. The highest BCUT2D eigenvalue weighted by molar-refractivity contribution is 14.0. The van der Waals surface area contributed by atoms with Gasteiger partial charge in [-0.1, -0.05) is 6.07 Å². The molecule has 140 valence electrons. The Bertz CT molecular complexity index is 525. The van der Waals surface area contributed by atoms with Crippen molar-refractivity contribution in [3.63, 3.8) is 0 Å². The van der Waals surface area contributed by atoms with Crippen LogP contribution in [0.3, 0.4) is 0 Å². The van der Waals surface area contributed by atoms with Crippen molar-refractivity contribution in [3.05, 3.63) is 23.9 Å². The molecule has 0 saturated carbocycles. The summed E-state index contributed by atoms with van der Waals surface area (Å²) in [5.74, 6) is 3.31. The van der Waals surface area contributed by atoms with Crippen molar-refractivity contribution in [2.75, 3.05) is 36.8 Å². The molecule has 0 spiro atoms. The predicted molar refractivity (Wildman–Crippen MR) is 119 cm³/mol. The molecule has 3 heterocycles. The topological polar surface area (TPSA) is 52.6 Å². The van der Waals surface area contributed by atoms with E-state index in [1.165, 1.54) is 31.4 Å². The van der Waals surface area contributed by atoms with E-state index in [2.05, 4.69) is 51.3 Å². The quantitative estimate of drug-likeness (QED) is 0.376. The normalized spacial score (nSPS) is 20.4. The third kappa shape index (κ3) is 6.51. The van der Waals surface area contributed by atoms with Gasteiger partial charge >= 0.3 is 0 Å². The third-order valence-corrected chi connectivity index (χ3v) is 5.92. The zero-order chi connectivity index (χ0) is 16.6. The molecule has 2 saturated heterocycles. The predicted octanol–water partition coefficient (Wildman–Crippen LogP) is 3.25. The zero-order valence-electron chi connectivity index (χ0n) is 15.0. The maximum absolute atomic E-state index is 4.70. The molecule has 0 aliphatic carbocycles. The fourth-order valence-electron chi connectivity index (χ4n) is 3.17. The minimum Gasteiger partial charge on any atom is -0.357 e. The summed E-state index contributed by atoms with van der Waals surface area (Å²) in [5, 5.41) is 7.54. The summed E-state index contributed by atoms with van der Waals surface area (Å²) in [7, 11) is 0. The van der Waals surface area contributed by atoms with Gasteiger partial charge < -0.3 is 15.5 Å². The Morgan fingerprint density at radius 2 is 2.12 bits per heavy atom. The van der Waals surface area contributed by atoms with Gasteiger partial charge in [-0.05, 0) is 50.0 Å². The molecule has 5 nitrogen and oxygen atoms in total. The Kier molecular flexibility index (Phi) is 9.16. The maximum Gasteiger partial charge on any atom is 0.191 e. The lowest BCUT2D eigenvalue weighted by atomic mass is 10.2. The molecule has 1 unspecified atom stereocenters. The van der Waals surface area contributed by atoms with E-state index in [4.69, 9.17) is 4.99 Å². The van der Waals surface area contributed by atoms with Gasteiger partial charge in [0.15, 0.2) is 5.96 Å². The number of hydrogen-bond acceptors (Lipinski definition) is 4. The number of pyridine rings is 1. The lowest BCUT2D eigenvalue weighted by molar-refractivity contribution is 0.727. The summed E-state index contributed by atoms with van der Waals surface area (Å²) in [5.41, 5.74) is 1.16. The lowest BCUT2D eigenvalue weighted by Crippen LogP contribution is -2.40. The average Bonchev–Trinajstić information content (AvgIpc) is 3.31. The second-order valence-corrected chi connectivity index (χ2v) is 7.84. The van der Waals surface area contributed by atoms with E-state index in [-0.39, 0.29) is 24.0 Å². The molecule has 7 heteroatoms. The van der Waals surface area contributed by atoms with Gasteiger partial charge in [0.05, 0.1) is 6.54 Å². The molecule has 1 atom stereocenters. The fraction of sp³-hybridized carbons (Fsp3) is 0.667. The number of nitrogens with zero attached hydrogens (tertiary/aromatic N) is 3. The van der Waals surface area contributed by atoms with Gasteiger partial charge in [-0.3, -0.25) is 0 Å². The van der Waals surface area contributed by atoms with Gasteiger partial charge in [-0.2, -0.15) is 11.8 Å². The molecular weight excluding hydrogens is 445 g/mol. The van der Waals surface area contributed by atoms with Crippen LogP contribution in [0.25, 0.3) is 0 Å². The van der Waals surface area contributed by atoms with E-state index in [9.17, 15) is 0 Å². The van der Waals surface area contributed by atoms with E-state index in [0.717, 1.165) is 48.8 Å². The molecule has 1 aromatic rings. The van der Waals surface area contributed by atoms with Crippen LogP contribution < -0.4 is 15.5 Å². The van der Waals surface area contributed by atoms with Crippen molar-refractivity contribution in [1.82, 2.24) is 15.6 Å². The number of aromatic nitrogens is 1. The smallest absolute Gasteiger partial charge is 0.191 e. The van der Waals surface area contributed by atoms with Crippen LogP contribution in [0.5, 0.6) is 0 Å². The first-order valence-corrected chi connectivity index (χ1v) is 10.2. The van der Waals surface area contributed by atoms with Gasteiger partial charge in [-0.25, -0.2) is 9.98 Å². The molecule has 25 heavy (non-hydrogen) atoms. The van der Waals surface area contributed by atoms with Crippen LogP contribution in [0.15, 0.2) is 23.3 Å². The number of thioether (sulfide) groups is 1. The highest BCUT2D eigenvalue weighted by Crippen LogP contribution is 2.25. The minimum absolute atomic E-state index is 0. The van der Waals surface area contributed by atoms with E-state index >= 15 is 0 Å². The molecular formula is C18H30IN5S. The second-order valence-electron chi connectivity index (χ2n) is 6.43. The highest BCUT2D eigenvalue weighted by Gasteiger charge is 2.15. The molecule has 0 amide bonds. The van der Waals surface area contributed by atoms with Crippen LogP contribution in [0.2, 0.25) is 0 Å². The number of nitrogens with one attached hydrogen (secondary N) is 2. The Morgan fingerprint density at radius 3 is 2.76 bits per heavy atom. The summed E-state index contributed by atoms with van der Waals surface area (Å²) in [6.45, 7) is 6.93. The zero-order valence-corrected chi connectivity index (χ0v) is 18.2. The van der Waals surface area contributed by atoms with Gasteiger partial charge in [0, 0.05) is 37.6 Å². The number of rotatable bonds is 6. The van der Waals surface area contributed by atoms with E-state index < -0.39 is 0 Å². The molecule has 2 aliphatic heterocycles. The number of guanidine groups is 1. The van der Waals surface area contributed by atoms with Crippen LogP contribution in [-0.4, -0.2) is 48.1 Å². The van der Waals surface area contributed by atoms with Gasteiger partial charge in [0.2, 0.25) is 0 Å². The van der Waals surface area contributed by atoms with Gasteiger partial charge in [-0.15, -0.1) is 24.0 Å². The van der Waals surface area contributed by atoms with Crippen LogP contribution in [-0.2, 0) is 6.54 Å². The Hall–Kier alpha value is -0.700. The molecule has 0 aromatic carbocycles. The maximum atomic E-state index is 4.70. The second kappa shape index (κ2) is 11.1. The largest absolute Gasteiger partial charge is 0.357 e.